The van der Waals surface area contributed by atoms with E-state index in [9.17, 15) is 21.6 Å². The number of alkyl halides is 3. The first-order valence-electron chi connectivity index (χ1n) is 6.10. The molecule has 1 rings (SSSR count). The van der Waals surface area contributed by atoms with Crippen LogP contribution in [0.1, 0.15) is 31.0 Å². The molecule has 2 atom stereocenters. The van der Waals surface area contributed by atoms with Gasteiger partial charge in [0.25, 0.3) is 0 Å². The zero-order chi connectivity index (χ0) is 15.6. The molecule has 1 N–H and O–H groups in total. The smallest absolute Gasteiger partial charge is 0.307 e. The standard InChI is InChI=1S/C13H18F3NO2S/c1-9(8-20(3,18)19)17-10(2)11-4-6-12(7-5-11)13(14,15)16/h4-7,9-10,17H,8H2,1-3H3. The van der Waals surface area contributed by atoms with Crippen molar-refractivity contribution in [1.29, 1.82) is 0 Å². The van der Waals surface area contributed by atoms with Crippen LogP contribution in [0.4, 0.5) is 13.2 Å². The molecule has 114 valence electrons. The molecule has 0 bridgehead atoms. The van der Waals surface area contributed by atoms with E-state index < -0.39 is 21.6 Å². The maximum atomic E-state index is 12.4. The molecule has 1 aromatic carbocycles. The van der Waals surface area contributed by atoms with E-state index in [1.165, 1.54) is 12.1 Å². The summed E-state index contributed by atoms with van der Waals surface area (Å²) in [5.74, 6) is -0.0159. The summed E-state index contributed by atoms with van der Waals surface area (Å²) in [6.07, 6.45) is -3.20. The molecule has 1 aromatic rings. The highest BCUT2D eigenvalue weighted by atomic mass is 32.2. The number of hydrogen-bond acceptors (Lipinski definition) is 3. The SMILES string of the molecule is CC(CS(C)(=O)=O)NC(C)c1ccc(C(F)(F)F)cc1. The molecule has 0 heterocycles. The van der Waals surface area contributed by atoms with Gasteiger partial charge in [-0.05, 0) is 31.5 Å². The minimum Gasteiger partial charge on any atom is -0.307 e. The van der Waals surface area contributed by atoms with Crippen LogP contribution in [-0.4, -0.2) is 26.5 Å². The average molecular weight is 309 g/mol. The molecule has 0 aliphatic carbocycles. The average Bonchev–Trinajstić information content (AvgIpc) is 2.25. The van der Waals surface area contributed by atoms with Crippen LogP contribution in [0, 0.1) is 0 Å². The lowest BCUT2D eigenvalue weighted by molar-refractivity contribution is -0.137. The van der Waals surface area contributed by atoms with Gasteiger partial charge in [0, 0.05) is 18.3 Å². The molecular weight excluding hydrogens is 291 g/mol. The van der Waals surface area contributed by atoms with Crippen molar-refractivity contribution in [1.82, 2.24) is 5.32 Å². The molecule has 0 saturated heterocycles. The Kier molecular flexibility index (Phi) is 5.21. The predicted molar refractivity (Wildman–Crippen MR) is 72.2 cm³/mol. The van der Waals surface area contributed by atoms with Gasteiger partial charge >= 0.3 is 6.18 Å². The Labute approximate surface area is 117 Å². The predicted octanol–water partition coefficient (Wildman–Crippen LogP) is 2.79. The van der Waals surface area contributed by atoms with Gasteiger partial charge in [0.05, 0.1) is 11.3 Å². The fourth-order valence-electron chi connectivity index (χ4n) is 1.99. The van der Waals surface area contributed by atoms with Crippen molar-refractivity contribution >= 4 is 9.84 Å². The summed E-state index contributed by atoms with van der Waals surface area (Å²) in [5.41, 5.74) is -0.0176. The van der Waals surface area contributed by atoms with E-state index in [0.29, 0.717) is 5.56 Å². The van der Waals surface area contributed by atoms with Crippen molar-refractivity contribution in [3.63, 3.8) is 0 Å². The molecule has 20 heavy (non-hydrogen) atoms. The summed E-state index contributed by atoms with van der Waals surface area (Å²) < 4.78 is 59.6. The van der Waals surface area contributed by atoms with Gasteiger partial charge in [0.1, 0.15) is 9.84 Å². The molecule has 0 aliphatic heterocycles. The third-order valence-electron chi connectivity index (χ3n) is 2.83. The zero-order valence-electron chi connectivity index (χ0n) is 11.5. The summed E-state index contributed by atoms with van der Waals surface area (Å²) in [6.45, 7) is 3.50. The van der Waals surface area contributed by atoms with Gasteiger partial charge in [0.15, 0.2) is 0 Å². The summed E-state index contributed by atoms with van der Waals surface area (Å²) in [5, 5.41) is 3.05. The van der Waals surface area contributed by atoms with E-state index in [4.69, 9.17) is 0 Å². The van der Waals surface area contributed by atoms with Crippen molar-refractivity contribution in [2.45, 2.75) is 32.1 Å². The highest BCUT2D eigenvalue weighted by Crippen LogP contribution is 2.29. The Morgan fingerprint density at radius 1 is 1.15 bits per heavy atom. The Hall–Kier alpha value is -1.08. The number of sulfone groups is 1. The van der Waals surface area contributed by atoms with E-state index in [2.05, 4.69) is 5.32 Å². The molecule has 0 amide bonds. The van der Waals surface area contributed by atoms with Gasteiger partial charge in [-0.2, -0.15) is 13.2 Å². The highest BCUT2D eigenvalue weighted by Gasteiger charge is 2.30. The quantitative estimate of drug-likeness (QED) is 0.910. The van der Waals surface area contributed by atoms with E-state index in [-0.39, 0.29) is 17.8 Å². The second-order valence-corrected chi connectivity index (χ2v) is 7.19. The Bertz CT molecular complexity index is 538. The van der Waals surface area contributed by atoms with Crippen molar-refractivity contribution < 1.29 is 21.6 Å². The molecule has 7 heteroatoms. The van der Waals surface area contributed by atoms with Gasteiger partial charge in [-0.15, -0.1) is 0 Å². The molecule has 0 fully saturated rings. The number of benzene rings is 1. The fourth-order valence-corrected chi connectivity index (χ4v) is 2.99. The molecular formula is C13H18F3NO2S. The second kappa shape index (κ2) is 6.13. The molecule has 0 radical (unpaired) electrons. The minimum atomic E-state index is -4.35. The molecule has 0 aliphatic rings. The number of rotatable bonds is 5. The zero-order valence-corrected chi connectivity index (χ0v) is 12.3. The third-order valence-corrected chi connectivity index (χ3v) is 3.93. The molecule has 0 saturated carbocycles. The van der Waals surface area contributed by atoms with Gasteiger partial charge in [0.2, 0.25) is 0 Å². The third kappa shape index (κ3) is 5.50. The molecule has 0 spiro atoms. The van der Waals surface area contributed by atoms with E-state index in [0.717, 1.165) is 18.4 Å². The van der Waals surface area contributed by atoms with Crippen LogP contribution in [0.15, 0.2) is 24.3 Å². The number of hydrogen-bond donors (Lipinski definition) is 1. The molecule has 0 aromatic heterocycles. The summed E-state index contributed by atoms with van der Waals surface area (Å²) in [6, 6.07) is 4.33. The largest absolute Gasteiger partial charge is 0.416 e. The Morgan fingerprint density at radius 2 is 1.65 bits per heavy atom. The highest BCUT2D eigenvalue weighted by molar-refractivity contribution is 7.90. The lowest BCUT2D eigenvalue weighted by atomic mass is 10.1. The lowest BCUT2D eigenvalue weighted by Crippen LogP contribution is -2.34. The van der Waals surface area contributed by atoms with Crippen LogP contribution in [0.2, 0.25) is 0 Å². The van der Waals surface area contributed by atoms with Gasteiger partial charge in [-0.3, -0.25) is 0 Å². The first-order valence-corrected chi connectivity index (χ1v) is 8.16. The van der Waals surface area contributed by atoms with Crippen LogP contribution in [0.25, 0.3) is 0 Å². The topological polar surface area (TPSA) is 46.2 Å². The van der Waals surface area contributed by atoms with E-state index in [1.54, 1.807) is 13.8 Å². The maximum Gasteiger partial charge on any atom is 0.416 e. The second-order valence-electron chi connectivity index (χ2n) is 5.00. The van der Waals surface area contributed by atoms with Crippen LogP contribution >= 0.6 is 0 Å². The van der Waals surface area contributed by atoms with Crippen molar-refractivity contribution in [3.05, 3.63) is 35.4 Å². The summed E-state index contributed by atoms with van der Waals surface area (Å²) in [4.78, 5) is 0. The fraction of sp³-hybridized carbons (Fsp3) is 0.538. The monoisotopic (exact) mass is 309 g/mol. The molecule has 2 unspecified atom stereocenters. The van der Waals surface area contributed by atoms with Crippen molar-refractivity contribution in [2.75, 3.05) is 12.0 Å². The van der Waals surface area contributed by atoms with Crippen molar-refractivity contribution in [3.8, 4) is 0 Å². The summed E-state index contributed by atoms with van der Waals surface area (Å²) >= 11 is 0. The number of halogens is 3. The number of nitrogens with one attached hydrogen (secondary N) is 1. The maximum absolute atomic E-state index is 12.4. The first kappa shape index (κ1) is 17.0. The Balaban J connectivity index is 2.71. The van der Waals surface area contributed by atoms with Crippen LogP contribution in [0.3, 0.4) is 0 Å². The Morgan fingerprint density at radius 3 is 2.05 bits per heavy atom. The van der Waals surface area contributed by atoms with Crippen LogP contribution in [-0.2, 0) is 16.0 Å². The minimum absolute atomic E-state index is 0.0159. The van der Waals surface area contributed by atoms with E-state index in [1.807, 2.05) is 0 Å². The summed E-state index contributed by atoms with van der Waals surface area (Å²) in [7, 11) is -3.09. The van der Waals surface area contributed by atoms with Crippen molar-refractivity contribution in [2.24, 2.45) is 0 Å². The van der Waals surface area contributed by atoms with Gasteiger partial charge in [-0.1, -0.05) is 12.1 Å². The van der Waals surface area contributed by atoms with Crippen LogP contribution < -0.4 is 5.32 Å². The first-order chi connectivity index (χ1) is 8.99. The lowest BCUT2D eigenvalue weighted by Gasteiger charge is -2.20. The van der Waals surface area contributed by atoms with Crippen LogP contribution in [0.5, 0.6) is 0 Å². The van der Waals surface area contributed by atoms with Gasteiger partial charge < -0.3 is 5.32 Å². The van der Waals surface area contributed by atoms with Gasteiger partial charge in [-0.25, -0.2) is 8.42 Å². The van der Waals surface area contributed by atoms with E-state index >= 15 is 0 Å². The molecule has 3 nitrogen and oxygen atoms in total. The normalized spacial score (nSPS) is 15.9.